The van der Waals surface area contributed by atoms with Gasteiger partial charge in [-0.2, -0.15) is 0 Å². The van der Waals surface area contributed by atoms with Crippen molar-refractivity contribution < 1.29 is 14.1 Å². The fourth-order valence-corrected chi connectivity index (χ4v) is 3.36. The van der Waals surface area contributed by atoms with Gasteiger partial charge in [0.05, 0.1) is 10.6 Å². The number of aromatic nitrogens is 1. The zero-order chi connectivity index (χ0) is 19.4. The molecule has 1 amide bonds. The maximum Gasteiger partial charge on any atom is 0.273 e. The third kappa shape index (κ3) is 4.53. The van der Waals surface area contributed by atoms with Crippen LogP contribution in [-0.2, 0) is 6.42 Å². The minimum atomic E-state index is -0.502. The van der Waals surface area contributed by atoms with Crippen LogP contribution in [0.5, 0.6) is 0 Å². The molecule has 138 valence electrons. The summed E-state index contributed by atoms with van der Waals surface area (Å²) in [5.74, 6) is -0.665. The molecule has 6 nitrogen and oxygen atoms in total. The number of benzene rings is 2. The van der Waals surface area contributed by atoms with E-state index in [4.69, 9.17) is 0 Å². The first kappa shape index (κ1) is 18.7. The number of nitrogens with one attached hydrogen (secondary N) is 1. The molecule has 0 atom stereocenters. The Hall–Kier alpha value is -3.13. The summed E-state index contributed by atoms with van der Waals surface area (Å²) in [5, 5.41) is 16.4. The van der Waals surface area contributed by atoms with E-state index in [-0.39, 0.29) is 23.0 Å². The van der Waals surface area contributed by atoms with Gasteiger partial charge in [-0.15, -0.1) is 11.3 Å². The van der Waals surface area contributed by atoms with E-state index in [1.807, 2.05) is 5.38 Å². The van der Waals surface area contributed by atoms with E-state index in [2.05, 4.69) is 10.3 Å². The number of rotatable bonds is 6. The highest BCUT2D eigenvalue weighted by molar-refractivity contribution is 7.13. The number of halogens is 1. The molecule has 0 aliphatic heterocycles. The maximum atomic E-state index is 13.0. The molecule has 1 N–H and O–H groups in total. The Morgan fingerprint density at radius 2 is 2.00 bits per heavy atom. The smallest absolute Gasteiger partial charge is 0.273 e. The molecule has 1 heterocycles. The monoisotopic (exact) mass is 385 g/mol. The third-order valence-electron chi connectivity index (χ3n) is 3.98. The van der Waals surface area contributed by atoms with Crippen LogP contribution in [0.2, 0.25) is 0 Å². The van der Waals surface area contributed by atoms with Gasteiger partial charge in [-0.05, 0) is 37.3 Å². The standard InChI is InChI=1S/C19H16FN3O3S/c1-12-2-3-14(10-17(12)23(25)26)18(24)21-9-8-16-11-27-19(22-16)13-4-6-15(20)7-5-13/h2-7,10-11H,8-9H2,1H3,(H,21,24). The number of nitro groups is 1. The van der Waals surface area contributed by atoms with Crippen molar-refractivity contribution in [2.45, 2.75) is 13.3 Å². The molecular formula is C19H16FN3O3S. The first-order valence-corrected chi connectivity index (χ1v) is 9.05. The second-order valence-electron chi connectivity index (χ2n) is 5.92. The Morgan fingerprint density at radius 1 is 1.26 bits per heavy atom. The van der Waals surface area contributed by atoms with E-state index in [1.54, 1.807) is 31.2 Å². The van der Waals surface area contributed by atoms with Gasteiger partial charge in [0.1, 0.15) is 10.8 Å². The van der Waals surface area contributed by atoms with E-state index in [9.17, 15) is 19.3 Å². The van der Waals surface area contributed by atoms with Gasteiger partial charge in [-0.1, -0.05) is 6.07 Å². The molecule has 8 heteroatoms. The molecule has 0 aliphatic rings. The van der Waals surface area contributed by atoms with Crippen LogP contribution in [0.15, 0.2) is 47.8 Å². The highest BCUT2D eigenvalue weighted by Crippen LogP contribution is 2.24. The first-order chi connectivity index (χ1) is 12.9. The number of nitrogens with zero attached hydrogens (tertiary/aromatic N) is 2. The molecule has 0 saturated heterocycles. The summed E-state index contributed by atoms with van der Waals surface area (Å²) in [7, 11) is 0. The van der Waals surface area contributed by atoms with Crippen LogP contribution < -0.4 is 5.32 Å². The fourth-order valence-electron chi connectivity index (χ4n) is 2.50. The third-order valence-corrected chi connectivity index (χ3v) is 4.92. The van der Waals surface area contributed by atoms with Crippen molar-refractivity contribution in [2.75, 3.05) is 6.54 Å². The first-order valence-electron chi connectivity index (χ1n) is 8.17. The number of carbonyl (C=O) groups excluding carboxylic acids is 1. The van der Waals surface area contributed by atoms with Crippen LogP contribution in [0.25, 0.3) is 10.6 Å². The van der Waals surface area contributed by atoms with E-state index in [1.165, 1.54) is 29.5 Å². The lowest BCUT2D eigenvalue weighted by Crippen LogP contribution is -2.25. The van der Waals surface area contributed by atoms with E-state index >= 15 is 0 Å². The molecular weight excluding hydrogens is 369 g/mol. The Kier molecular flexibility index (Phi) is 5.56. The highest BCUT2D eigenvalue weighted by Gasteiger charge is 2.15. The summed E-state index contributed by atoms with van der Waals surface area (Å²) in [6, 6.07) is 10.5. The Bertz CT molecular complexity index is 986. The fraction of sp³-hybridized carbons (Fsp3) is 0.158. The van der Waals surface area contributed by atoms with E-state index in [0.29, 0.717) is 18.5 Å². The highest BCUT2D eigenvalue weighted by atomic mass is 32.1. The molecule has 0 unspecified atom stereocenters. The van der Waals surface area contributed by atoms with Crippen LogP contribution in [0.4, 0.5) is 10.1 Å². The average molecular weight is 385 g/mol. The van der Waals surface area contributed by atoms with Gasteiger partial charge < -0.3 is 5.32 Å². The number of amides is 1. The summed E-state index contributed by atoms with van der Waals surface area (Å²) in [5.41, 5.74) is 2.33. The van der Waals surface area contributed by atoms with Crippen LogP contribution in [-0.4, -0.2) is 22.4 Å². The molecule has 0 fully saturated rings. The number of hydrogen-bond donors (Lipinski definition) is 1. The molecule has 0 aliphatic carbocycles. The Labute approximate surface area is 158 Å². The summed E-state index contributed by atoms with van der Waals surface area (Å²) < 4.78 is 13.0. The van der Waals surface area contributed by atoms with Gasteiger partial charge in [-0.3, -0.25) is 14.9 Å². The normalized spacial score (nSPS) is 10.6. The zero-order valence-electron chi connectivity index (χ0n) is 14.4. The zero-order valence-corrected chi connectivity index (χ0v) is 15.3. The molecule has 2 aromatic carbocycles. The molecule has 0 saturated carbocycles. The predicted molar refractivity (Wildman–Crippen MR) is 101 cm³/mol. The Morgan fingerprint density at radius 3 is 2.70 bits per heavy atom. The number of carbonyl (C=O) groups is 1. The number of aryl methyl sites for hydroxylation is 1. The lowest BCUT2D eigenvalue weighted by molar-refractivity contribution is -0.385. The lowest BCUT2D eigenvalue weighted by atomic mass is 10.1. The molecule has 3 rings (SSSR count). The Balaban J connectivity index is 1.58. The average Bonchev–Trinajstić information content (AvgIpc) is 3.11. The molecule has 3 aromatic rings. The summed E-state index contributed by atoms with van der Waals surface area (Å²) in [6.45, 7) is 1.98. The van der Waals surface area contributed by atoms with Gasteiger partial charge in [0.15, 0.2) is 0 Å². The van der Waals surface area contributed by atoms with Crippen molar-refractivity contribution in [3.63, 3.8) is 0 Å². The molecule has 27 heavy (non-hydrogen) atoms. The molecule has 0 spiro atoms. The minimum Gasteiger partial charge on any atom is -0.352 e. The summed E-state index contributed by atoms with van der Waals surface area (Å²) in [4.78, 5) is 27.2. The maximum absolute atomic E-state index is 13.0. The van der Waals surface area contributed by atoms with Gasteiger partial charge in [0.2, 0.25) is 0 Å². The van der Waals surface area contributed by atoms with Crippen LogP contribution >= 0.6 is 11.3 Å². The lowest BCUT2D eigenvalue weighted by Gasteiger charge is -2.05. The van der Waals surface area contributed by atoms with Crippen molar-refractivity contribution >= 4 is 22.9 Å². The van der Waals surface area contributed by atoms with Gasteiger partial charge in [-0.25, -0.2) is 9.37 Å². The van der Waals surface area contributed by atoms with E-state index in [0.717, 1.165) is 16.3 Å². The minimum absolute atomic E-state index is 0.0777. The topological polar surface area (TPSA) is 85.1 Å². The van der Waals surface area contributed by atoms with E-state index < -0.39 is 4.92 Å². The quantitative estimate of drug-likeness (QED) is 0.510. The van der Waals surface area contributed by atoms with Crippen molar-refractivity contribution in [3.8, 4) is 10.6 Å². The number of hydrogen-bond acceptors (Lipinski definition) is 5. The second kappa shape index (κ2) is 8.05. The molecule has 0 radical (unpaired) electrons. The van der Waals surface area contributed by atoms with Crippen LogP contribution in [0.1, 0.15) is 21.6 Å². The van der Waals surface area contributed by atoms with Crippen molar-refractivity contribution in [1.29, 1.82) is 0 Å². The molecule has 0 bridgehead atoms. The number of nitro benzene ring substituents is 1. The number of thiazole rings is 1. The van der Waals surface area contributed by atoms with Crippen LogP contribution in [0.3, 0.4) is 0 Å². The second-order valence-corrected chi connectivity index (χ2v) is 6.77. The molecule has 1 aromatic heterocycles. The van der Waals surface area contributed by atoms with Gasteiger partial charge >= 0.3 is 0 Å². The predicted octanol–water partition coefficient (Wildman–Crippen LogP) is 4.14. The van der Waals surface area contributed by atoms with Crippen molar-refractivity contribution in [1.82, 2.24) is 10.3 Å². The van der Waals surface area contributed by atoms with Crippen molar-refractivity contribution in [2.24, 2.45) is 0 Å². The largest absolute Gasteiger partial charge is 0.352 e. The van der Waals surface area contributed by atoms with Gasteiger partial charge in [0.25, 0.3) is 11.6 Å². The van der Waals surface area contributed by atoms with Gasteiger partial charge in [0, 0.05) is 41.1 Å². The summed E-state index contributed by atoms with van der Waals surface area (Å²) in [6.07, 6.45) is 0.525. The van der Waals surface area contributed by atoms with Crippen LogP contribution in [0, 0.1) is 22.9 Å². The van der Waals surface area contributed by atoms with Crippen molar-refractivity contribution in [3.05, 3.63) is 80.6 Å². The SMILES string of the molecule is Cc1ccc(C(=O)NCCc2csc(-c3ccc(F)cc3)n2)cc1[N+](=O)[O-]. The summed E-state index contributed by atoms with van der Waals surface area (Å²) >= 11 is 1.45.